The third-order valence-electron chi connectivity index (χ3n) is 3.55. The van der Waals surface area contributed by atoms with Crippen molar-refractivity contribution in [1.82, 2.24) is 9.80 Å². The molecular formula is C16H22N2O2. The van der Waals surface area contributed by atoms with Gasteiger partial charge < -0.3 is 4.90 Å². The second kappa shape index (κ2) is 6.66. The molecular weight excluding hydrogens is 252 g/mol. The zero-order valence-corrected chi connectivity index (χ0v) is 12.2. The minimum atomic E-state index is 0.0258. The summed E-state index contributed by atoms with van der Waals surface area (Å²) in [4.78, 5) is 27.4. The molecule has 1 amide bonds. The van der Waals surface area contributed by atoms with Crippen molar-refractivity contribution in [1.29, 1.82) is 0 Å². The van der Waals surface area contributed by atoms with Crippen molar-refractivity contribution in [2.75, 3.05) is 32.7 Å². The predicted octanol–water partition coefficient (Wildman–Crippen LogP) is 1.91. The lowest BCUT2D eigenvalue weighted by molar-refractivity contribution is 0.0624. The van der Waals surface area contributed by atoms with Crippen LogP contribution in [0.2, 0.25) is 0 Å². The van der Waals surface area contributed by atoms with E-state index in [9.17, 15) is 9.59 Å². The second-order valence-corrected chi connectivity index (χ2v) is 5.73. The summed E-state index contributed by atoms with van der Waals surface area (Å²) in [5.74, 6) is 0.680. The van der Waals surface area contributed by atoms with Gasteiger partial charge in [0.25, 0.3) is 5.91 Å². The molecule has 0 bridgehead atoms. The van der Waals surface area contributed by atoms with Crippen LogP contribution in [0.3, 0.4) is 0 Å². The van der Waals surface area contributed by atoms with Crippen LogP contribution >= 0.6 is 0 Å². The number of piperazine rings is 1. The number of amides is 1. The zero-order chi connectivity index (χ0) is 14.5. The Balaban J connectivity index is 1.96. The van der Waals surface area contributed by atoms with Crippen LogP contribution in [-0.2, 0) is 0 Å². The average molecular weight is 274 g/mol. The lowest BCUT2D eigenvalue weighted by Crippen LogP contribution is -2.49. The largest absolute Gasteiger partial charge is 0.336 e. The zero-order valence-electron chi connectivity index (χ0n) is 12.2. The summed E-state index contributed by atoms with van der Waals surface area (Å²) < 4.78 is 0. The molecule has 4 heteroatoms. The van der Waals surface area contributed by atoms with Crippen molar-refractivity contribution in [3.8, 4) is 0 Å². The molecule has 0 unspecified atom stereocenters. The van der Waals surface area contributed by atoms with Gasteiger partial charge in [0, 0.05) is 43.9 Å². The van der Waals surface area contributed by atoms with Gasteiger partial charge in [-0.15, -0.1) is 0 Å². The molecule has 0 aromatic heterocycles. The van der Waals surface area contributed by atoms with E-state index in [0.29, 0.717) is 17.0 Å². The average Bonchev–Trinajstić information content (AvgIpc) is 2.47. The SMILES string of the molecule is CC(C)CN1CCN(C(=O)c2cccc(C=O)c2)CC1. The summed E-state index contributed by atoms with van der Waals surface area (Å²) in [7, 11) is 0. The fourth-order valence-corrected chi connectivity index (χ4v) is 2.58. The number of hydrogen-bond donors (Lipinski definition) is 0. The van der Waals surface area contributed by atoms with E-state index in [4.69, 9.17) is 0 Å². The van der Waals surface area contributed by atoms with Crippen molar-refractivity contribution in [3.63, 3.8) is 0 Å². The molecule has 20 heavy (non-hydrogen) atoms. The van der Waals surface area contributed by atoms with Gasteiger partial charge in [0.05, 0.1) is 0 Å². The maximum absolute atomic E-state index is 12.4. The van der Waals surface area contributed by atoms with Crippen LogP contribution in [0.25, 0.3) is 0 Å². The van der Waals surface area contributed by atoms with Crippen molar-refractivity contribution >= 4 is 12.2 Å². The Kier molecular flexibility index (Phi) is 4.90. The van der Waals surface area contributed by atoms with Gasteiger partial charge in [-0.3, -0.25) is 14.5 Å². The quantitative estimate of drug-likeness (QED) is 0.788. The third kappa shape index (κ3) is 3.67. The molecule has 0 N–H and O–H groups in total. The minimum Gasteiger partial charge on any atom is -0.336 e. The molecule has 1 aromatic carbocycles. The molecule has 2 rings (SSSR count). The number of nitrogens with zero attached hydrogens (tertiary/aromatic N) is 2. The number of carbonyl (C=O) groups excluding carboxylic acids is 2. The molecule has 1 saturated heterocycles. The molecule has 108 valence electrons. The maximum Gasteiger partial charge on any atom is 0.253 e. The van der Waals surface area contributed by atoms with Crippen LogP contribution in [0, 0.1) is 5.92 Å². The highest BCUT2D eigenvalue weighted by Crippen LogP contribution is 2.11. The summed E-state index contributed by atoms with van der Waals surface area (Å²) >= 11 is 0. The third-order valence-corrected chi connectivity index (χ3v) is 3.55. The second-order valence-electron chi connectivity index (χ2n) is 5.73. The van der Waals surface area contributed by atoms with E-state index in [2.05, 4.69) is 18.7 Å². The summed E-state index contributed by atoms with van der Waals surface area (Å²) in [6.45, 7) is 8.88. The van der Waals surface area contributed by atoms with E-state index >= 15 is 0 Å². The first-order valence-corrected chi connectivity index (χ1v) is 7.17. The number of carbonyl (C=O) groups is 2. The first-order chi connectivity index (χ1) is 9.60. The van der Waals surface area contributed by atoms with Crippen LogP contribution in [0.1, 0.15) is 34.6 Å². The highest BCUT2D eigenvalue weighted by molar-refractivity contribution is 5.95. The Morgan fingerprint density at radius 2 is 1.95 bits per heavy atom. The minimum absolute atomic E-state index is 0.0258. The lowest BCUT2D eigenvalue weighted by atomic mass is 10.1. The number of aldehydes is 1. The molecule has 1 heterocycles. The van der Waals surface area contributed by atoms with E-state index in [1.54, 1.807) is 24.3 Å². The van der Waals surface area contributed by atoms with Crippen LogP contribution in [0.4, 0.5) is 0 Å². The molecule has 1 fully saturated rings. The van der Waals surface area contributed by atoms with Gasteiger partial charge >= 0.3 is 0 Å². The van der Waals surface area contributed by atoms with Crippen molar-refractivity contribution in [3.05, 3.63) is 35.4 Å². The van der Waals surface area contributed by atoms with Gasteiger partial charge in [0.2, 0.25) is 0 Å². The van der Waals surface area contributed by atoms with Gasteiger partial charge in [-0.05, 0) is 18.1 Å². The van der Waals surface area contributed by atoms with Crippen molar-refractivity contribution < 1.29 is 9.59 Å². The van der Waals surface area contributed by atoms with E-state index in [-0.39, 0.29) is 5.91 Å². The molecule has 0 aliphatic carbocycles. The van der Waals surface area contributed by atoms with Crippen molar-refractivity contribution in [2.24, 2.45) is 5.92 Å². The van der Waals surface area contributed by atoms with E-state index in [0.717, 1.165) is 39.0 Å². The molecule has 0 spiro atoms. The number of rotatable bonds is 4. The Morgan fingerprint density at radius 1 is 1.25 bits per heavy atom. The summed E-state index contributed by atoms with van der Waals surface area (Å²) in [6, 6.07) is 6.90. The van der Waals surface area contributed by atoms with Crippen LogP contribution in [-0.4, -0.2) is 54.7 Å². The first-order valence-electron chi connectivity index (χ1n) is 7.17. The highest BCUT2D eigenvalue weighted by Gasteiger charge is 2.22. The summed E-state index contributed by atoms with van der Waals surface area (Å²) in [5, 5.41) is 0. The molecule has 4 nitrogen and oxygen atoms in total. The van der Waals surface area contributed by atoms with Crippen LogP contribution < -0.4 is 0 Å². The van der Waals surface area contributed by atoms with Gasteiger partial charge in [-0.2, -0.15) is 0 Å². The Morgan fingerprint density at radius 3 is 2.55 bits per heavy atom. The Labute approximate surface area is 120 Å². The Bertz CT molecular complexity index is 477. The van der Waals surface area contributed by atoms with Gasteiger partial charge in [0.15, 0.2) is 0 Å². The highest BCUT2D eigenvalue weighted by atomic mass is 16.2. The number of hydrogen-bond acceptors (Lipinski definition) is 3. The molecule has 1 aromatic rings. The van der Waals surface area contributed by atoms with E-state index in [1.807, 2.05) is 4.90 Å². The topological polar surface area (TPSA) is 40.6 Å². The monoisotopic (exact) mass is 274 g/mol. The fourth-order valence-electron chi connectivity index (χ4n) is 2.58. The van der Waals surface area contributed by atoms with E-state index < -0.39 is 0 Å². The normalized spacial score (nSPS) is 16.4. The fraction of sp³-hybridized carbons (Fsp3) is 0.500. The molecule has 1 aliphatic heterocycles. The first kappa shape index (κ1) is 14.7. The van der Waals surface area contributed by atoms with Gasteiger partial charge in [-0.25, -0.2) is 0 Å². The maximum atomic E-state index is 12.4. The molecule has 0 radical (unpaired) electrons. The van der Waals surface area contributed by atoms with Crippen molar-refractivity contribution in [2.45, 2.75) is 13.8 Å². The van der Waals surface area contributed by atoms with Crippen LogP contribution in [0.15, 0.2) is 24.3 Å². The van der Waals surface area contributed by atoms with E-state index in [1.165, 1.54) is 0 Å². The lowest BCUT2D eigenvalue weighted by Gasteiger charge is -2.35. The number of benzene rings is 1. The Hall–Kier alpha value is -1.68. The smallest absolute Gasteiger partial charge is 0.253 e. The van der Waals surface area contributed by atoms with Gasteiger partial charge in [0.1, 0.15) is 6.29 Å². The predicted molar refractivity (Wildman–Crippen MR) is 79.0 cm³/mol. The van der Waals surface area contributed by atoms with Crippen LogP contribution in [0.5, 0.6) is 0 Å². The standard InChI is InChI=1S/C16H22N2O2/c1-13(2)11-17-6-8-18(9-7-17)16(20)15-5-3-4-14(10-15)12-19/h3-5,10,12-13H,6-9,11H2,1-2H3. The molecule has 0 atom stereocenters. The van der Waals surface area contributed by atoms with Gasteiger partial charge in [-0.1, -0.05) is 26.0 Å². The summed E-state index contributed by atoms with van der Waals surface area (Å²) in [5.41, 5.74) is 1.15. The molecule has 0 saturated carbocycles. The summed E-state index contributed by atoms with van der Waals surface area (Å²) in [6.07, 6.45) is 0.775. The molecule has 1 aliphatic rings.